The first-order valence-electron chi connectivity index (χ1n) is 6.97. The standard InChI is InChI=1S/C17H14F2N2O/c1-10-9-11(15-7-8-16(22)21-20-15)5-6-12(10)13-3-2-4-14(18)17(13)19/h2-6,9H,7-8H2,1H3,(H,21,22). The first-order chi connectivity index (χ1) is 10.6. The summed E-state index contributed by atoms with van der Waals surface area (Å²) in [6.45, 7) is 1.84. The summed E-state index contributed by atoms with van der Waals surface area (Å²) >= 11 is 0. The molecule has 112 valence electrons. The zero-order valence-corrected chi connectivity index (χ0v) is 12.0. The largest absolute Gasteiger partial charge is 0.273 e. The molecule has 1 aliphatic heterocycles. The zero-order chi connectivity index (χ0) is 15.7. The van der Waals surface area contributed by atoms with Gasteiger partial charge in [0.1, 0.15) is 0 Å². The fourth-order valence-electron chi connectivity index (χ4n) is 2.54. The number of carbonyl (C=O) groups excluding carboxylic acids is 1. The zero-order valence-electron chi connectivity index (χ0n) is 12.0. The Kier molecular flexibility index (Phi) is 3.71. The Bertz CT molecular complexity index is 784. The van der Waals surface area contributed by atoms with E-state index in [1.807, 2.05) is 19.1 Å². The number of aryl methyl sites for hydroxylation is 1. The summed E-state index contributed by atoms with van der Waals surface area (Å²) in [6.07, 6.45) is 0.969. The SMILES string of the molecule is Cc1cc(C2=NNC(=O)CC2)ccc1-c1cccc(F)c1F. The summed E-state index contributed by atoms with van der Waals surface area (Å²) in [6, 6.07) is 9.57. The third-order valence-corrected chi connectivity index (χ3v) is 3.71. The van der Waals surface area contributed by atoms with Crippen molar-refractivity contribution in [2.24, 2.45) is 5.10 Å². The van der Waals surface area contributed by atoms with E-state index in [4.69, 9.17) is 0 Å². The van der Waals surface area contributed by atoms with Gasteiger partial charge in [0.2, 0.25) is 5.91 Å². The van der Waals surface area contributed by atoms with Crippen molar-refractivity contribution in [1.82, 2.24) is 5.43 Å². The van der Waals surface area contributed by atoms with Crippen molar-refractivity contribution >= 4 is 11.6 Å². The van der Waals surface area contributed by atoms with Crippen LogP contribution >= 0.6 is 0 Å². The molecule has 0 saturated carbocycles. The number of hydrogen-bond donors (Lipinski definition) is 1. The third kappa shape index (κ3) is 2.62. The normalized spacial score (nSPS) is 14.5. The molecular formula is C17H14F2N2O. The van der Waals surface area contributed by atoms with E-state index in [1.54, 1.807) is 12.1 Å². The lowest BCUT2D eigenvalue weighted by atomic mass is 9.95. The van der Waals surface area contributed by atoms with Crippen molar-refractivity contribution in [2.45, 2.75) is 19.8 Å². The van der Waals surface area contributed by atoms with E-state index in [-0.39, 0.29) is 11.5 Å². The van der Waals surface area contributed by atoms with Crippen LogP contribution in [0.2, 0.25) is 0 Å². The van der Waals surface area contributed by atoms with Crippen molar-refractivity contribution in [2.75, 3.05) is 0 Å². The number of hydrogen-bond acceptors (Lipinski definition) is 2. The molecule has 0 bridgehead atoms. The molecule has 2 aromatic carbocycles. The number of hydrazone groups is 1. The predicted molar refractivity (Wildman–Crippen MR) is 80.4 cm³/mol. The molecule has 0 spiro atoms. The number of nitrogens with zero attached hydrogens (tertiary/aromatic N) is 1. The monoisotopic (exact) mass is 300 g/mol. The van der Waals surface area contributed by atoms with Gasteiger partial charge in [0.05, 0.1) is 5.71 Å². The number of halogens is 2. The van der Waals surface area contributed by atoms with Gasteiger partial charge >= 0.3 is 0 Å². The molecule has 1 N–H and O–H groups in total. The Labute approximate surface area is 126 Å². The maximum atomic E-state index is 13.9. The predicted octanol–water partition coefficient (Wildman–Crippen LogP) is 3.55. The molecule has 1 aliphatic rings. The fraction of sp³-hybridized carbons (Fsp3) is 0.176. The van der Waals surface area contributed by atoms with Crippen LogP contribution in [0.1, 0.15) is 24.0 Å². The number of amides is 1. The Morgan fingerprint density at radius 2 is 1.91 bits per heavy atom. The van der Waals surface area contributed by atoms with Crippen LogP contribution in [-0.2, 0) is 4.79 Å². The first-order valence-corrected chi connectivity index (χ1v) is 6.97. The molecule has 2 aromatic rings. The minimum absolute atomic E-state index is 0.0982. The van der Waals surface area contributed by atoms with Crippen LogP contribution < -0.4 is 5.43 Å². The van der Waals surface area contributed by atoms with E-state index >= 15 is 0 Å². The van der Waals surface area contributed by atoms with Crippen molar-refractivity contribution in [1.29, 1.82) is 0 Å². The van der Waals surface area contributed by atoms with E-state index in [9.17, 15) is 13.6 Å². The molecule has 1 heterocycles. The minimum atomic E-state index is -0.861. The van der Waals surface area contributed by atoms with Gasteiger partial charge in [-0.15, -0.1) is 0 Å². The van der Waals surface area contributed by atoms with Crippen LogP contribution in [-0.4, -0.2) is 11.6 Å². The van der Waals surface area contributed by atoms with Crippen LogP contribution in [0.4, 0.5) is 8.78 Å². The number of rotatable bonds is 2. The second-order valence-electron chi connectivity index (χ2n) is 5.22. The van der Waals surface area contributed by atoms with Crippen molar-refractivity contribution in [3.8, 4) is 11.1 Å². The highest BCUT2D eigenvalue weighted by Gasteiger charge is 2.16. The lowest BCUT2D eigenvalue weighted by molar-refractivity contribution is -0.121. The van der Waals surface area contributed by atoms with Gasteiger partial charge in [-0.05, 0) is 35.7 Å². The van der Waals surface area contributed by atoms with E-state index < -0.39 is 11.6 Å². The summed E-state index contributed by atoms with van der Waals surface area (Å²) in [5, 5.41) is 4.04. The quantitative estimate of drug-likeness (QED) is 0.905. The van der Waals surface area contributed by atoms with Crippen molar-refractivity contribution in [3.05, 3.63) is 59.2 Å². The summed E-state index contributed by atoms with van der Waals surface area (Å²) in [5.74, 6) is -1.81. The minimum Gasteiger partial charge on any atom is -0.273 e. The van der Waals surface area contributed by atoms with Gasteiger partial charge in [-0.3, -0.25) is 4.79 Å². The van der Waals surface area contributed by atoms with Crippen LogP contribution in [0.3, 0.4) is 0 Å². The van der Waals surface area contributed by atoms with Gasteiger partial charge in [-0.1, -0.05) is 24.3 Å². The highest BCUT2D eigenvalue weighted by atomic mass is 19.2. The molecule has 0 radical (unpaired) electrons. The molecule has 0 unspecified atom stereocenters. The Balaban J connectivity index is 1.99. The van der Waals surface area contributed by atoms with E-state index in [2.05, 4.69) is 10.5 Å². The average molecular weight is 300 g/mol. The van der Waals surface area contributed by atoms with Crippen LogP contribution in [0, 0.1) is 18.6 Å². The third-order valence-electron chi connectivity index (χ3n) is 3.71. The maximum absolute atomic E-state index is 13.9. The Morgan fingerprint density at radius 1 is 1.09 bits per heavy atom. The van der Waals surface area contributed by atoms with Gasteiger partial charge in [-0.2, -0.15) is 5.10 Å². The summed E-state index contributed by atoms with van der Waals surface area (Å²) in [7, 11) is 0. The summed E-state index contributed by atoms with van der Waals surface area (Å²) in [4.78, 5) is 11.1. The van der Waals surface area contributed by atoms with Crippen molar-refractivity contribution < 1.29 is 13.6 Å². The molecule has 0 fully saturated rings. The molecule has 3 rings (SSSR count). The van der Waals surface area contributed by atoms with E-state index in [0.29, 0.717) is 18.4 Å². The van der Waals surface area contributed by atoms with Gasteiger partial charge in [0.15, 0.2) is 11.6 Å². The molecule has 5 heteroatoms. The first kappa shape index (κ1) is 14.4. The Morgan fingerprint density at radius 3 is 2.59 bits per heavy atom. The lowest BCUT2D eigenvalue weighted by Gasteiger charge is -2.14. The molecule has 22 heavy (non-hydrogen) atoms. The van der Waals surface area contributed by atoms with Crippen LogP contribution in [0.25, 0.3) is 11.1 Å². The summed E-state index contributed by atoms with van der Waals surface area (Å²) in [5.41, 5.74) is 5.81. The number of benzene rings is 2. The Hall–Kier alpha value is -2.56. The van der Waals surface area contributed by atoms with Gasteiger partial charge in [0.25, 0.3) is 0 Å². The van der Waals surface area contributed by atoms with Crippen LogP contribution in [0.5, 0.6) is 0 Å². The van der Waals surface area contributed by atoms with Crippen molar-refractivity contribution in [3.63, 3.8) is 0 Å². The smallest absolute Gasteiger partial charge is 0.240 e. The molecule has 0 saturated heterocycles. The molecule has 0 atom stereocenters. The summed E-state index contributed by atoms with van der Waals surface area (Å²) < 4.78 is 27.3. The van der Waals surface area contributed by atoms with Gasteiger partial charge in [-0.25, -0.2) is 14.2 Å². The highest BCUT2D eigenvalue weighted by molar-refractivity contribution is 6.04. The van der Waals surface area contributed by atoms with E-state index in [1.165, 1.54) is 6.07 Å². The number of carbonyl (C=O) groups is 1. The molecule has 1 amide bonds. The molecule has 0 aliphatic carbocycles. The lowest BCUT2D eigenvalue weighted by Crippen LogP contribution is -2.25. The molecule has 3 nitrogen and oxygen atoms in total. The van der Waals surface area contributed by atoms with E-state index in [0.717, 1.165) is 22.9 Å². The number of nitrogens with one attached hydrogen (secondary N) is 1. The molecular weight excluding hydrogens is 286 g/mol. The molecule has 0 aromatic heterocycles. The topological polar surface area (TPSA) is 41.5 Å². The second kappa shape index (κ2) is 5.67. The highest BCUT2D eigenvalue weighted by Crippen LogP contribution is 2.28. The second-order valence-corrected chi connectivity index (χ2v) is 5.22. The fourth-order valence-corrected chi connectivity index (χ4v) is 2.54. The maximum Gasteiger partial charge on any atom is 0.240 e. The van der Waals surface area contributed by atoms with Crippen LogP contribution in [0.15, 0.2) is 41.5 Å². The average Bonchev–Trinajstić information content (AvgIpc) is 2.51. The van der Waals surface area contributed by atoms with Gasteiger partial charge < -0.3 is 0 Å². The van der Waals surface area contributed by atoms with Gasteiger partial charge in [0, 0.05) is 18.4 Å².